The number of nitrogens with one attached hydrogen (secondary N) is 2. The summed E-state index contributed by atoms with van der Waals surface area (Å²) in [4.78, 5) is 21.6. The molecule has 23 heavy (non-hydrogen) atoms. The lowest BCUT2D eigenvalue weighted by atomic mass is 10.2. The highest BCUT2D eigenvalue weighted by Gasteiger charge is 2.27. The van der Waals surface area contributed by atoms with Gasteiger partial charge in [0, 0.05) is 25.6 Å². The zero-order valence-electron chi connectivity index (χ0n) is 12.1. The van der Waals surface area contributed by atoms with E-state index >= 15 is 0 Å². The van der Waals surface area contributed by atoms with Crippen LogP contribution in [-0.2, 0) is 9.53 Å². The number of nitro groups is 1. The van der Waals surface area contributed by atoms with Crippen molar-refractivity contribution in [1.29, 1.82) is 0 Å². The number of para-hydroxylation sites is 2. The average Bonchev–Trinajstić information content (AvgIpc) is 2.47. The number of halogens is 3. The van der Waals surface area contributed by atoms with Gasteiger partial charge in [-0.2, -0.15) is 13.2 Å². The molecule has 0 radical (unpaired) electrons. The number of nitrogens with zero attached hydrogens (tertiary/aromatic N) is 1. The third-order valence-electron chi connectivity index (χ3n) is 2.60. The van der Waals surface area contributed by atoms with Crippen LogP contribution in [0, 0.1) is 10.1 Å². The van der Waals surface area contributed by atoms with Crippen LogP contribution in [0.5, 0.6) is 0 Å². The van der Waals surface area contributed by atoms with Crippen LogP contribution in [0.3, 0.4) is 0 Å². The summed E-state index contributed by atoms with van der Waals surface area (Å²) in [5.41, 5.74) is 0.236. The van der Waals surface area contributed by atoms with Crippen molar-refractivity contribution >= 4 is 17.3 Å². The van der Waals surface area contributed by atoms with Crippen molar-refractivity contribution in [2.45, 2.75) is 12.6 Å². The van der Waals surface area contributed by atoms with Gasteiger partial charge in [0.2, 0.25) is 5.91 Å². The molecule has 0 heterocycles. The van der Waals surface area contributed by atoms with Crippen molar-refractivity contribution in [2.75, 3.05) is 31.6 Å². The minimum Gasteiger partial charge on any atom is -0.378 e. The van der Waals surface area contributed by atoms with E-state index < -0.39 is 23.6 Å². The molecule has 0 bridgehead atoms. The fraction of sp³-hybridized carbons (Fsp3) is 0.462. The molecule has 7 nitrogen and oxygen atoms in total. The first-order chi connectivity index (χ1) is 10.8. The van der Waals surface area contributed by atoms with Crippen molar-refractivity contribution < 1.29 is 27.6 Å². The van der Waals surface area contributed by atoms with Gasteiger partial charge in [-0.3, -0.25) is 14.9 Å². The highest BCUT2D eigenvalue weighted by Crippen LogP contribution is 2.22. The van der Waals surface area contributed by atoms with Gasteiger partial charge in [-0.25, -0.2) is 0 Å². The Morgan fingerprint density at radius 3 is 2.61 bits per heavy atom. The largest absolute Gasteiger partial charge is 0.411 e. The van der Waals surface area contributed by atoms with E-state index in [4.69, 9.17) is 0 Å². The summed E-state index contributed by atoms with van der Waals surface area (Å²) in [6.07, 6.45) is -4.60. The molecule has 0 spiro atoms. The van der Waals surface area contributed by atoms with E-state index in [0.29, 0.717) is 5.69 Å². The van der Waals surface area contributed by atoms with Gasteiger partial charge in [0.05, 0.1) is 11.5 Å². The summed E-state index contributed by atoms with van der Waals surface area (Å²) in [5, 5.41) is 16.0. The van der Waals surface area contributed by atoms with Gasteiger partial charge in [-0.1, -0.05) is 12.1 Å². The smallest absolute Gasteiger partial charge is 0.378 e. The Morgan fingerprint density at radius 2 is 1.96 bits per heavy atom. The summed E-state index contributed by atoms with van der Waals surface area (Å²) in [5.74, 6) is -0.462. The first-order valence-corrected chi connectivity index (χ1v) is 6.68. The van der Waals surface area contributed by atoms with Crippen LogP contribution in [0.1, 0.15) is 6.42 Å². The van der Waals surface area contributed by atoms with Crippen LogP contribution in [0.15, 0.2) is 24.3 Å². The second-order valence-electron chi connectivity index (χ2n) is 4.47. The summed E-state index contributed by atoms with van der Waals surface area (Å²) in [6, 6.07) is 6.04. The number of hydrogen-bond acceptors (Lipinski definition) is 5. The Kier molecular flexibility index (Phi) is 7.26. The van der Waals surface area contributed by atoms with Crippen molar-refractivity contribution in [2.24, 2.45) is 0 Å². The molecular formula is C13H16F3N3O4. The van der Waals surface area contributed by atoms with E-state index in [2.05, 4.69) is 15.4 Å². The predicted octanol–water partition coefficient (Wildman–Crippen LogP) is 2.09. The molecule has 0 fully saturated rings. The molecule has 0 aliphatic carbocycles. The van der Waals surface area contributed by atoms with Crippen LogP contribution in [0.25, 0.3) is 0 Å². The fourth-order valence-electron chi connectivity index (χ4n) is 1.62. The van der Waals surface area contributed by atoms with Crippen LogP contribution in [0.2, 0.25) is 0 Å². The zero-order chi connectivity index (χ0) is 17.3. The topological polar surface area (TPSA) is 93.5 Å². The van der Waals surface area contributed by atoms with Gasteiger partial charge >= 0.3 is 6.18 Å². The highest BCUT2D eigenvalue weighted by atomic mass is 19.4. The van der Waals surface area contributed by atoms with Crippen LogP contribution >= 0.6 is 0 Å². The zero-order valence-corrected chi connectivity index (χ0v) is 12.1. The third kappa shape index (κ3) is 8.00. The van der Waals surface area contributed by atoms with Crippen molar-refractivity contribution in [3.05, 3.63) is 34.4 Å². The van der Waals surface area contributed by atoms with Gasteiger partial charge in [0.25, 0.3) is 5.69 Å². The monoisotopic (exact) mass is 335 g/mol. The molecule has 0 aliphatic heterocycles. The second-order valence-corrected chi connectivity index (χ2v) is 4.47. The molecule has 0 unspecified atom stereocenters. The molecule has 128 valence electrons. The van der Waals surface area contributed by atoms with Crippen molar-refractivity contribution in [3.8, 4) is 0 Å². The molecule has 2 N–H and O–H groups in total. The number of benzene rings is 1. The van der Waals surface area contributed by atoms with Gasteiger partial charge in [-0.05, 0) is 6.07 Å². The second kappa shape index (κ2) is 8.93. The molecule has 1 rings (SSSR count). The molecule has 10 heteroatoms. The fourth-order valence-corrected chi connectivity index (χ4v) is 1.62. The molecule has 1 aromatic rings. The Hall–Kier alpha value is -2.36. The first-order valence-electron chi connectivity index (χ1n) is 6.68. The quantitative estimate of drug-likeness (QED) is 0.409. The van der Waals surface area contributed by atoms with E-state index in [1.165, 1.54) is 18.2 Å². The summed E-state index contributed by atoms with van der Waals surface area (Å²) < 4.78 is 39.7. The van der Waals surface area contributed by atoms with Crippen molar-refractivity contribution in [1.82, 2.24) is 5.32 Å². The number of ether oxygens (including phenoxy) is 1. The normalized spacial score (nSPS) is 11.1. The number of amides is 1. The number of carbonyl (C=O) groups is 1. The number of anilines is 1. The Balaban J connectivity index is 2.20. The van der Waals surface area contributed by atoms with E-state index in [0.717, 1.165) is 0 Å². The Labute approximate surface area is 130 Å². The van der Waals surface area contributed by atoms with E-state index in [9.17, 15) is 28.1 Å². The third-order valence-corrected chi connectivity index (χ3v) is 2.60. The number of alkyl halides is 3. The van der Waals surface area contributed by atoms with Gasteiger partial charge < -0.3 is 15.4 Å². The molecule has 0 aliphatic rings. The van der Waals surface area contributed by atoms with Crippen LogP contribution < -0.4 is 10.6 Å². The molecule has 1 aromatic carbocycles. The lowest BCUT2D eigenvalue weighted by Crippen LogP contribution is -2.30. The van der Waals surface area contributed by atoms with E-state index in [1.54, 1.807) is 6.07 Å². The summed E-state index contributed by atoms with van der Waals surface area (Å²) in [6.45, 7) is -1.31. The predicted molar refractivity (Wildman–Crippen MR) is 76.1 cm³/mol. The lowest BCUT2D eigenvalue weighted by molar-refractivity contribution is -0.384. The number of nitro benzene ring substituents is 1. The van der Waals surface area contributed by atoms with E-state index in [-0.39, 0.29) is 31.8 Å². The summed E-state index contributed by atoms with van der Waals surface area (Å²) >= 11 is 0. The maximum absolute atomic E-state index is 11.8. The number of hydrogen-bond donors (Lipinski definition) is 2. The van der Waals surface area contributed by atoms with Gasteiger partial charge in [0.15, 0.2) is 0 Å². The maximum atomic E-state index is 11.8. The standard InChI is InChI=1S/C13H16F3N3O4/c14-13(15,16)9-23-8-5-12(20)18-7-6-17-10-3-1-2-4-11(10)19(21)22/h1-4,17H,5-9H2,(H,18,20). The van der Waals surface area contributed by atoms with Gasteiger partial charge in [0.1, 0.15) is 12.3 Å². The summed E-state index contributed by atoms with van der Waals surface area (Å²) in [7, 11) is 0. The number of carbonyl (C=O) groups excluding carboxylic acids is 1. The molecule has 0 saturated carbocycles. The highest BCUT2D eigenvalue weighted by molar-refractivity contribution is 5.76. The Morgan fingerprint density at radius 1 is 1.26 bits per heavy atom. The molecule has 0 aromatic heterocycles. The average molecular weight is 335 g/mol. The molecular weight excluding hydrogens is 319 g/mol. The minimum absolute atomic E-state index is 0.0839. The lowest BCUT2D eigenvalue weighted by Gasteiger charge is -2.09. The van der Waals surface area contributed by atoms with Crippen molar-refractivity contribution in [3.63, 3.8) is 0 Å². The first kappa shape index (κ1) is 18.7. The van der Waals surface area contributed by atoms with Gasteiger partial charge in [-0.15, -0.1) is 0 Å². The molecule has 0 atom stereocenters. The maximum Gasteiger partial charge on any atom is 0.411 e. The SMILES string of the molecule is O=C(CCOCC(F)(F)F)NCCNc1ccccc1[N+](=O)[O-]. The minimum atomic E-state index is -4.41. The number of rotatable bonds is 9. The Bertz CT molecular complexity index is 537. The molecule has 0 saturated heterocycles. The van der Waals surface area contributed by atoms with Crippen LogP contribution in [0.4, 0.5) is 24.5 Å². The van der Waals surface area contributed by atoms with Crippen LogP contribution in [-0.4, -0.2) is 43.3 Å². The van der Waals surface area contributed by atoms with E-state index in [1.807, 2.05) is 0 Å². The molecule has 1 amide bonds.